The van der Waals surface area contributed by atoms with E-state index >= 15 is 0 Å². The number of amides is 1. The minimum Gasteiger partial charge on any atom is -0.387 e. The Kier molecular flexibility index (Phi) is 3.64. The molecule has 3 rings (SSSR count). The predicted molar refractivity (Wildman–Crippen MR) is 66.4 cm³/mol. The molecule has 0 aliphatic carbocycles. The second-order valence-electron chi connectivity index (χ2n) is 5.23. The van der Waals surface area contributed by atoms with Gasteiger partial charge < -0.3 is 26.0 Å². The summed E-state index contributed by atoms with van der Waals surface area (Å²) >= 11 is 0. The highest BCUT2D eigenvalue weighted by Gasteiger charge is 2.52. The van der Waals surface area contributed by atoms with Gasteiger partial charge in [-0.15, -0.1) is 0 Å². The topological polar surface area (TPSA) is 158 Å². The largest absolute Gasteiger partial charge is 0.387 e. The van der Waals surface area contributed by atoms with Crippen molar-refractivity contribution in [2.24, 2.45) is 11.5 Å². The van der Waals surface area contributed by atoms with Crippen LogP contribution < -0.4 is 27.4 Å². The fourth-order valence-electron chi connectivity index (χ4n) is 2.95. The minimum atomic E-state index is -1.09. The van der Waals surface area contributed by atoms with Crippen molar-refractivity contribution < 1.29 is 19.7 Å². The highest BCUT2D eigenvalue weighted by atomic mass is 16.6. The van der Waals surface area contributed by atoms with Gasteiger partial charge in [0.1, 0.15) is 36.9 Å². The van der Waals surface area contributed by atoms with Gasteiger partial charge in [-0.1, -0.05) is 0 Å². The summed E-state index contributed by atoms with van der Waals surface area (Å²) in [6, 6.07) is -0.486. The van der Waals surface area contributed by atoms with Gasteiger partial charge in [-0.05, 0) is 0 Å². The van der Waals surface area contributed by atoms with E-state index < -0.39 is 43.0 Å². The third-order valence-corrected chi connectivity index (χ3v) is 3.99. The number of fused-ring (bicyclic) bond motifs is 1. The van der Waals surface area contributed by atoms with Crippen LogP contribution in [0.5, 0.6) is 0 Å². The number of nitrogens with zero attached hydrogens (tertiary/aromatic N) is 1. The molecule has 10 heteroatoms. The molecule has 1 amide bonds. The van der Waals surface area contributed by atoms with Gasteiger partial charge >= 0.3 is 0 Å². The molecular formula is C10H20N6O4. The van der Waals surface area contributed by atoms with Crippen LogP contribution in [0.1, 0.15) is 0 Å². The van der Waals surface area contributed by atoms with Crippen LogP contribution in [0.3, 0.4) is 0 Å². The Bertz CT molecular complexity index is 398. The number of hydrogen-bond donors (Lipinski definition) is 7. The Labute approximate surface area is 115 Å². The zero-order valence-electron chi connectivity index (χ0n) is 10.8. The van der Waals surface area contributed by atoms with E-state index in [4.69, 9.17) is 16.2 Å². The van der Waals surface area contributed by atoms with Crippen molar-refractivity contribution in [3.8, 4) is 0 Å². The number of aliphatic hydroxyl groups is 2. The highest BCUT2D eigenvalue weighted by Crippen LogP contribution is 2.27. The van der Waals surface area contributed by atoms with E-state index in [1.165, 1.54) is 0 Å². The number of rotatable bonds is 2. The summed E-state index contributed by atoms with van der Waals surface area (Å²) in [5.41, 5.74) is 11.2. The van der Waals surface area contributed by atoms with Crippen LogP contribution in [-0.4, -0.2) is 77.3 Å². The first-order chi connectivity index (χ1) is 9.52. The highest BCUT2D eigenvalue weighted by molar-refractivity contribution is 5.84. The molecule has 0 spiro atoms. The molecule has 3 unspecified atom stereocenters. The Morgan fingerprint density at radius 2 is 2.15 bits per heavy atom. The first-order valence-electron chi connectivity index (χ1n) is 6.55. The quantitative estimate of drug-likeness (QED) is 0.264. The molecule has 3 heterocycles. The van der Waals surface area contributed by atoms with E-state index in [9.17, 15) is 15.0 Å². The zero-order chi connectivity index (χ0) is 14.4. The summed E-state index contributed by atoms with van der Waals surface area (Å²) in [5.74, 6) is -0.216. The van der Waals surface area contributed by atoms with Crippen LogP contribution in [0, 0.1) is 0 Å². The summed E-state index contributed by atoms with van der Waals surface area (Å²) in [7, 11) is 0. The van der Waals surface area contributed by atoms with Gasteiger partial charge in [-0.2, -0.15) is 0 Å². The van der Waals surface area contributed by atoms with Crippen molar-refractivity contribution in [2.75, 3.05) is 13.2 Å². The van der Waals surface area contributed by atoms with E-state index in [1.807, 2.05) is 0 Å². The molecule has 3 saturated heterocycles. The zero-order valence-corrected chi connectivity index (χ0v) is 10.8. The van der Waals surface area contributed by atoms with E-state index in [2.05, 4.69) is 16.0 Å². The maximum absolute atomic E-state index is 11.8. The lowest BCUT2D eigenvalue weighted by Crippen LogP contribution is -2.71. The van der Waals surface area contributed by atoms with E-state index in [-0.39, 0.29) is 12.5 Å². The lowest BCUT2D eigenvalue weighted by atomic mass is 10.1. The molecule has 0 aromatic rings. The molecule has 0 radical (unpaired) electrons. The molecule has 3 aliphatic rings. The van der Waals surface area contributed by atoms with Crippen LogP contribution in [0.15, 0.2) is 0 Å². The SMILES string of the molecule is NC[C@H]1O[C@@H](N2CNC3C(=O)NC(N)NC32)[C@H](O)[C@@H]1O. The van der Waals surface area contributed by atoms with Gasteiger partial charge in [-0.3, -0.25) is 21.2 Å². The number of carbonyl (C=O) groups excluding carboxylic acids is 1. The van der Waals surface area contributed by atoms with E-state index in [0.717, 1.165) is 0 Å². The van der Waals surface area contributed by atoms with Gasteiger partial charge in [0.05, 0.1) is 12.8 Å². The number of nitrogens with two attached hydrogens (primary N) is 2. The summed E-state index contributed by atoms with van der Waals surface area (Å²) in [6.07, 6.45) is -4.59. The van der Waals surface area contributed by atoms with Crippen LogP contribution >= 0.6 is 0 Å². The Hall–Kier alpha value is -0.850. The molecule has 114 valence electrons. The molecule has 7 atom stereocenters. The number of aliphatic hydroxyl groups excluding tert-OH is 2. The van der Waals surface area contributed by atoms with E-state index in [1.54, 1.807) is 4.90 Å². The van der Waals surface area contributed by atoms with Crippen LogP contribution in [-0.2, 0) is 9.53 Å². The second-order valence-corrected chi connectivity index (χ2v) is 5.23. The number of nitrogens with one attached hydrogen (secondary N) is 3. The second kappa shape index (κ2) is 5.16. The summed E-state index contributed by atoms with van der Waals surface area (Å²) in [6.45, 7) is 0.436. The fraction of sp³-hybridized carbons (Fsp3) is 0.900. The van der Waals surface area contributed by atoms with Crippen molar-refractivity contribution in [3.63, 3.8) is 0 Å². The summed E-state index contributed by atoms with van der Waals surface area (Å²) < 4.78 is 5.59. The fourth-order valence-corrected chi connectivity index (χ4v) is 2.95. The van der Waals surface area contributed by atoms with Gasteiger partial charge in [0.15, 0.2) is 0 Å². The first-order valence-corrected chi connectivity index (χ1v) is 6.55. The Morgan fingerprint density at radius 3 is 2.80 bits per heavy atom. The first kappa shape index (κ1) is 14.1. The van der Waals surface area contributed by atoms with Crippen LogP contribution in [0.25, 0.3) is 0 Å². The van der Waals surface area contributed by atoms with Crippen molar-refractivity contribution in [1.82, 2.24) is 20.9 Å². The van der Waals surface area contributed by atoms with Crippen molar-refractivity contribution in [1.29, 1.82) is 0 Å². The Balaban J connectivity index is 1.76. The van der Waals surface area contributed by atoms with E-state index in [0.29, 0.717) is 6.67 Å². The molecule has 10 nitrogen and oxygen atoms in total. The lowest BCUT2D eigenvalue weighted by molar-refractivity contribution is -0.132. The molecule has 0 bridgehead atoms. The number of ether oxygens (including phenoxy) is 1. The molecule has 9 N–H and O–H groups in total. The molecule has 0 aromatic carbocycles. The molecule has 3 aliphatic heterocycles. The average Bonchev–Trinajstić information content (AvgIpc) is 2.93. The van der Waals surface area contributed by atoms with Gasteiger partial charge in [-0.25, -0.2) is 4.90 Å². The molecule has 0 saturated carbocycles. The van der Waals surface area contributed by atoms with Crippen molar-refractivity contribution >= 4 is 5.91 Å². The Morgan fingerprint density at radius 1 is 1.40 bits per heavy atom. The summed E-state index contributed by atoms with van der Waals surface area (Å²) in [4.78, 5) is 13.5. The molecule has 3 fully saturated rings. The molecule has 20 heavy (non-hydrogen) atoms. The third-order valence-electron chi connectivity index (χ3n) is 3.99. The smallest absolute Gasteiger partial charge is 0.242 e. The van der Waals surface area contributed by atoms with Crippen molar-refractivity contribution in [3.05, 3.63) is 0 Å². The maximum Gasteiger partial charge on any atom is 0.242 e. The number of carbonyl (C=O) groups is 1. The third kappa shape index (κ3) is 2.10. The van der Waals surface area contributed by atoms with Gasteiger partial charge in [0.2, 0.25) is 5.91 Å². The molecule has 0 aromatic heterocycles. The standard InChI is InChI=1S/C10H20N6O4/c11-1-3-5(17)6(18)9(20-3)16-2-13-4-7(16)14-10(12)15-8(4)19/h3-7,9-10,13-14,17-18H,1-2,11-12H2,(H,15,19)/t3-,4?,5-,6-,7?,9-,10?/m1/s1. The van der Waals surface area contributed by atoms with Crippen molar-refractivity contribution in [2.45, 2.75) is 43.0 Å². The van der Waals surface area contributed by atoms with Gasteiger partial charge in [0.25, 0.3) is 0 Å². The average molecular weight is 288 g/mol. The van der Waals surface area contributed by atoms with Crippen LogP contribution in [0.2, 0.25) is 0 Å². The minimum absolute atomic E-state index is 0.109. The summed E-state index contributed by atoms with van der Waals surface area (Å²) in [5, 5.41) is 28.5. The lowest BCUT2D eigenvalue weighted by Gasteiger charge is -2.37. The molecular weight excluding hydrogens is 268 g/mol. The predicted octanol–water partition coefficient (Wildman–Crippen LogP) is -5.09. The normalized spacial score (nSPS) is 49.2. The maximum atomic E-state index is 11.8. The monoisotopic (exact) mass is 288 g/mol. The van der Waals surface area contributed by atoms with Gasteiger partial charge in [0, 0.05) is 6.54 Å². The van der Waals surface area contributed by atoms with Crippen LogP contribution in [0.4, 0.5) is 0 Å². The number of hydrogen-bond acceptors (Lipinski definition) is 9.